The van der Waals surface area contributed by atoms with E-state index in [1.165, 1.54) is 5.56 Å². The van der Waals surface area contributed by atoms with Crippen LogP contribution >= 0.6 is 0 Å². The molecule has 0 radical (unpaired) electrons. The van der Waals surface area contributed by atoms with E-state index in [-0.39, 0.29) is 0 Å². The first kappa shape index (κ1) is 15.7. The van der Waals surface area contributed by atoms with Gasteiger partial charge in [-0.2, -0.15) is 0 Å². The van der Waals surface area contributed by atoms with Crippen LogP contribution in [0.15, 0.2) is 48.5 Å². The average Bonchev–Trinajstić information content (AvgIpc) is 2.55. The lowest BCUT2D eigenvalue weighted by Crippen LogP contribution is -2.33. The maximum atomic E-state index is 6.07. The van der Waals surface area contributed by atoms with E-state index in [0.29, 0.717) is 18.6 Å². The summed E-state index contributed by atoms with van der Waals surface area (Å²) in [6.07, 6.45) is 2.14. The number of hydrogen-bond acceptors (Lipinski definition) is 3. The Bertz CT molecular complexity index is 625. The minimum absolute atomic E-state index is 0.316. The number of ether oxygens (including phenoxy) is 1. The molecule has 0 aliphatic carbocycles. The van der Waals surface area contributed by atoms with Crippen LogP contribution in [0.2, 0.25) is 0 Å². The molecule has 0 saturated carbocycles. The molecule has 0 bridgehead atoms. The fraction of sp³-hybridized carbons (Fsp3) is 0.400. The van der Waals surface area contributed by atoms with Crippen LogP contribution in [-0.2, 0) is 6.42 Å². The number of nitrogens with one attached hydrogen (secondary N) is 2. The van der Waals surface area contributed by atoms with Crippen LogP contribution in [-0.4, -0.2) is 19.2 Å². The molecule has 122 valence electrons. The van der Waals surface area contributed by atoms with Crippen LogP contribution in [0.5, 0.6) is 5.75 Å². The first-order valence-corrected chi connectivity index (χ1v) is 8.52. The molecular formula is C20H26N2O. The van der Waals surface area contributed by atoms with Crippen molar-refractivity contribution in [2.75, 3.05) is 23.8 Å². The van der Waals surface area contributed by atoms with Crippen LogP contribution in [0.3, 0.4) is 0 Å². The molecule has 0 fully saturated rings. The molecule has 1 aliphatic rings. The molecule has 1 heterocycles. The zero-order valence-corrected chi connectivity index (χ0v) is 14.0. The van der Waals surface area contributed by atoms with Gasteiger partial charge in [-0.1, -0.05) is 50.2 Å². The molecule has 0 spiro atoms. The first-order valence-electron chi connectivity index (χ1n) is 8.52. The summed E-state index contributed by atoms with van der Waals surface area (Å²) < 4.78 is 6.07. The van der Waals surface area contributed by atoms with E-state index >= 15 is 0 Å². The third kappa shape index (κ3) is 4.19. The molecule has 3 nitrogen and oxygen atoms in total. The van der Waals surface area contributed by atoms with Crippen LogP contribution in [0, 0.1) is 5.92 Å². The van der Waals surface area contributed by atoms with E-state index in [9.17, 15) is 0 Å². The van der Waals surface area contributed by atoms with Gasteiger partial charge < -0.3 is 15.4 Å². The van der Waals surface area contributed by atoms with Crippen LogP contribution in [0.1, 0.15) is 25.8 Å². The van der Waals surface area contributed by atoms with Gasteiger partial charge in [-0.25, -0.2) is 0 Å². The van der Waals surface area contributed by atoms with Crippen molar-refractivity contribution in [3.8, 4) is 5.75 Å². The lowest BCUT2D eigenvalue weighted by atomic mass is 10.0. The van der Waals surface area contributed by atoms with E-state index in [4.69, 9.17) is 4.74 Å². The quantitative estimate of drug-likeness (QED) is 0.820. The number of para-hydroxylation sites is 1. The van der Waals surface area contributed by atoms with Gasteiger partial charge in [-0.3, -0.25) is 0 Å². The Morgan fingerprint density at radius 2 is 1.96 bits per heavy atom. The summed E-state index contributed by atoms with van der Waals surface area (Å²) in [6.45, 7) is 6.17. The van der Waals surface area contributed by atoms with Gasteiger partial charge in [0.15, 0.2) is 5.75 Å². The van der Waals surface area contributed by atoms with Gasteiger partial charge in [0.2, 0.25) is 0 Å². The maximum Gasteiger partial charge on any atom is 0.165 e. The maximum absolute atomic E-state index is 6.07. The van der Waals surface area contributed by atoms with Crippen molar-refractivity contribution in [1.29, 1.82) is 0 Å². The molecule has 1 unspecified atom stereocenters. The highest BCUT2D eigenvalue weighted by molar-refractivity contribution is 5.72. The van der Waals surface area contributed by atoms with Gasteiger partial charge in [0, 0.05) is 6.54 Å². The molecule has 0 aromatic heterocycles. The minimum Gasteiger partial charge on any atom is -0.487 e. The Morgan fingerprint density at radius 1 is 1.13 bits per heavy atom. The molecule has 2 aromatic rings. The summed E-state index contributed by atoms with van der Waals surface area (Å²) in [7, 11) is 0. The smallest absolute Gasteiger partial charge is 0.165 e. The molecule has 3 rings (SSSR count). The van der Waals surface area contributed by atoms with Gasteiger partial charge in [-0.15, -0.1) is 0 Å². The Labute approximate surface area is 139 Å². The van der Waals surface area contributed by atoms with Gasteiger partial charge in [0.1, 0.15) is 6.61 Å². The van der Waals surface area contributed by atoms with E-state index in [0.717, 1.165) is 36.5 Å². The van der Waals surface area contributed by atoms with Crippen molar-refractivity contribution in [3.05, 3.63) is 54.1 Å². The van der Waals surface area contributed by atoms with Crippen molar-refractivity contribution in [2.45, 2.75) is 32.7 Å². The Hall–Kier alpha value is -2.16. The van der Waals surface area contributed by atoms with E-state index in [2.05, 4.69) is 73.0 Å². The summed E-state index contributed by atoms with van der Waals surface area (Å²) in [5, 5.41) is 7.12. The predicted octanol–water partition coefficient (Wildman–Crippen LogP) is 4.56. The molecule has 0 amide bonds. The first-order chi connectivity index (χ1) is 11.2. The van der Waals surface area contributed by atoms with Crippen molar-refractivity contribution in [1.82, 2.24) is 0 Å². The van der Waals surface area contributed by atoms with Crippen LogP contribution in [0.4, 0.5) is 11.4 Å². The van der Waals surface area contributed by atoms with Crippen molar-refractivity contribution < 1.29 is 4.74 Å². The zero-order valence-electron chi connectivity index (χ0n) is 14.0. The molecule has 2 N–H and O–H groups in total. The number of hydrogen-bond donors (Lipinski definition) is 2. The summed E-state index contributed by atoms with van der Waals surface area (Å²) in [5.74, 6) is 1.66. The molecule has 2 aromatic carbocycles. The molecule has 1 atom stereocenters. The van der Waals surface area contributed by atoms with E-state index in [1.54, 1.807) is 0 Å². The van der Waals surface area contributed by atoms with Gasteiger partial charge >= 0.3 is 0 Å². The van der Waals surface area contributed by atoms with E-state index in [1.807, 2.05) is 0 Å². The number of rotatable bonds is 6. The van der Waals surface area contributed by atoms with Crippen molar-refractivity contribution in [2.24, 2.45) is 5.92 Å². The Morgan fingerprint density at radius 3 is 2.74 bits per heavy atom. The summed E-state index contributed by atoms with van der Waals surface area (Å²) in [5.41, 5.74) is 3.52. The lowest BCUT2D eigenvalue weighted by molar-refractivity contribution is 0.285. The third-order valence-electron chi connectivity index (χ3n) is 4.17. The van der Waals surface area contributed by atoms with Gasteiger partial charge in [0.25, 0.3) is 0 Å². The van der Waals surface area contributed by atoms with E-state index < -0.39 is 0 Å². The summed E-state index contributed by atoms with van der Waals surface area (Å²) in [6, 6.07) is 17.2. The fourth-order valence-corrected chi connectivity index (χ4v) is 2.89. The molecule has 0 saturated heterocycles. The normalized spacial score (nSPS) is 16.4. The molecule has 1 aliphatic heterocycles. The van der Waals surface area contributed by atoms with Gasteiger partial charge in [-0.05, 0) is 36.5 Å². The second-order valence-electron chi connectivity index (χ2n) is 6.63. The highest BCUT2D eigenvalue weighted by atomic mass is 16.5. The standard InChI is InChI=1S/C20H26N2O/c1-15(2)11-12-21-18-9-6-10-19-20(18)23-14-17(22-19)13-16-7-4-3-5-8-16/h3-10,15,17,21-22H,11-14H2,1-2H3. The van der Waals surface area contributed by atoms with Crippen LogP contribution in [0.25, 0.3) is 0 Å². The number of benzene rings is 2. The Kier molecular flexibility index (Phi) is 5.06. The monoisotopic (exact) mass is 310 g/mol. The predicted molar refractivity (Wildman–Crippen MR) is 97.4 cm³/mol. The zero-order chi connectivity index (χ0) is 16.1. The highest BCUT2D eigenvalue weighted by Gasteiger charge is 2.21. The number of fused-ring (bicyclic) bond motifs is 1. The third-order valence-corrected chi connectivity index (χ3v) is 4.17. The van der Waals surface area contributed by atoms with Crippen molar-refractivity contribution >= 4 is 11.4 Å². The summed E-state index contributed by atoms with van der Waals surface area (Å²) in [4.78, 5) is 0. The minimum atomic E-state index is 0.316. The lowest BCUT2D eigenvalue weighted by Gasteiger charge is -2.29. The molecular weight excluding hydrogens is 284 g/mol. The topological polar surface area (TPSA) is 33.3 Å². The van der Waals surface area contributed by atoms with Crippen molar-refractivity contribution in [3.63, 3.8) is 0 Å². The Balaban J connectivity index is 1.65. The molecule has 3 heteroatoms. The van der Waals surface area contributed by atoms with Gasteiger partial charge in [0.05, 0.1) is 17.4 Å². The van der Waals surface area contributed by atoms with Crippen LogP contribution < -0.4 is 15.4 Å². The SMILES string of the molecule is CC(C)CCNc1cccc2c1OCC(Cc1ccccc1)N2. The average molecular weight is 310 g/mol. The highest BCUT2D eigenvalue weighted by Crippen LogP contribution is 2.36. The summed E-state index contributed by atoms with van der Waals surface area (Å²) >= 11 is 0. The molecule has 23 heavy (non-hydrogen) atoms. The largest absolute Gasteiger partial charge is 0.487 e. The second-order valence-corrected chi connectivity index (χ2v) is 6.63. The fourth-order valence-electron chi connectivity index (χ4n) is 2.89. The second kappa shape index (κ2) is 7.40. The number of anilines is 2.